The van der Waals surface area contributed by atoms with Gasteiger partial charge in [-0.1, -0.05) is 19.3 Å². The summed E-state index contributed by atoms with van der Waals surface area (Å²) in [6.07, 6.45) is 6.81. The monoisotopic (exact) mass is 326 g/mol. The van der Waals surface area contributed by atoms with Gasteiger partial charge in [-0.25, -0.2) is 0 Å². The van der Waals surface area contributed by atoms with Gasteiger partial charge in [0.2, 0.25) is 0 Å². The first-order valence-electron chi connectivity index (χ1n) is 7.67. The minimum atomic E-state index is -0.450. The van der Waals surface area contributed by atoms with Crippen molar-refractivity contribution < 1.29 is 9.72 Å². The Morgan fingerprint density at radius 2 is 1.59 bits per heavy atom. The lowest BCUT2D eigenvalue weighted by Crippen LogP contribution is -2.29. The first-order chi connectivity index (χ1) is 10.2. The second kappa shape index (κ2) is 9.54. The van der Waals surface area contributed by atoms with Gasteiger partial charge in [-0.2, -0.15) is 0 Å². The minimum Gasteiger partial charge on any atom is -0.303 e. The summed E-state index contributed by atoms with van der Waals surface area (Å²) in [5.41, 5.74) is 0.586. The summed E-state index contributed by atoms with van der Waals surface area (Å²) in [6, 6.07) is 5.88. The summed E-state index contributed by atoms with van der Waals surface area (Å²) in [4.78, 5) is 24.6. The third kappa shape index (κ3) is 5.73. The number of hydrogen-bond acceptors (Lipinski definition) is 4. The van der Waals surface area contributed by atoms with E-state index in [-0.39, 0.29) is 23.9 Å². The molecule has 0 amide bonds. The maximum Gasteiger partial charge on any atom is 0.269 e. The number of likely N-dealkylation sites (tertiary alicyclic amines) is 1. The van der Waals surface area contributed by atoms with E-state index < -0.39 is 4.92 Å². The lowest BCUT2D eigenvalue weighted by atomic mass is 10.1. The SMILES string of the molecule is Cl.O=C(CCN1CCCCCCC1)c1ccc([N+](=O)[O-])cc1. The number of hydrogen-bond donors (Lipinski definition) is 0. The van der Waals surface area contributed by atoms with Crippen molar-refractivity contribution in [2.75, 3.05) is 19.6 Å². The Labute approximate surface area is 137 Å². The number of Topliss-reactive ketones (excluding diaryl/α,β-unsaturated/α-hetero) is 1. The Morgan fingerprint density at radius 1 is 1.05 bits per heavy atom. The van der Waals surface area contributed by atoms with Crippen LogP contribution in [0.1, 0.15) is 48.9 Å². The quantitative estimate of drug-likeness (QED) is 0.468. The van der Waals surface area contributed by atoms with E-state index in [2.05, 4.69) is 4.90 Å². The van der Waals surface area contributed by atoms with E-state index in [1.165, 1.54) is 44.2 Å². The first-order valence-corrected chi connectivity index (χ1v) is 7.67. The van der Waals surface area contributed by atoms with Gasteiger partial charge in [0.1, 0.15) is 0 Å². The van der Waals surface area contributed by atoms with Gasteiger partial charge in [0.15, 0.2) is 5.78 Å². The summed E-state index contributed by atoms with van der Waals surface area (Å²) in [5.74, 6) is 0.0620. The molecule has 0 aromatic heterocycles. The van der Waals surface area contributed by atoms with Crippen LogP contribution in [0.4, 0.5) is 5.69 Å². The molecular weight excluding hydrogens is 304 g/mol. The van der Waals surface area contributed by atoms with E-state index in [9.17, 15) is 14.9 Å². The van der Waals surface area contributed by atoms with Gasteiger partial charge in [-0.3, -0.25) is 14.9 Å². The van der Waals surface area contributed by atoms with E-state index in [1.54, 1.807) is 12.1 Å². The fourth-order valence-electron chi connectivity index (χ4n) is 2.71. The van der Waals surface area contributed by atoms with Crippen LogP contribution in [-0.2, 0) is 0 Å². The largest absolute Gasteiger partial charge is 0.303 e. The molecule has 6 heteroatoms. The van der Waals surface area contributed by atoms with Crippen LogP contribution in [0, 0.1) is 10.1 Å². The number of nitro groups is 1. The molecule has 0 unspecified atom stereocenters. The van der Waals surface area contributed by atoms with Crippen molar-refractivity contribution in [2.45, 2.75) is 38.5 Å². The molecule has 5 nitrogen and oxygen atoms in total. The fraction of sp³-hybridized carbons (Fsp3) is 0.562. The maximum atomic E-state index is 12.1. The normalized spacial score (nSPS) is 16.2. The molecule has 0 spiro atoms. The Hall–Kier alpha value is -1.46. The van der Waals surface area contributed by atoms with Gasteiger partial charge in [0.05, 0.1) is 4.92 Å². The highest BCUT2D eigenvalue weighted by atomic mass is 35.5. The average Bonchev–Trinajstić information content (AvgIpc) is 2.46. The molecule has 22 heavy (non-hydrogen) atoms. The lowest BCUT2D eigenvalue weighted by Gasteiger charge is -2.24. The zero-order chi connectivity index (χ0) is 15.1. The highest BCUT2D eigenvalue weighted by Crippen LogP contribution is 2.14. The number of ketones is 1. The molecule has 2 rings (SSSR count). The number of benzene rings is 1. The van der Waals surface area contributed by atoms with Crippen LogP contribution in [-0.4, -0.2) is 35.2 Å². The topological polar surface area (TPSA) is 63.5 Å². The molecule has 122 valence electrons. The second-order valence-electron chi connectivity index (χ2n) is 5.59. The molecule has 0 atom stereocenters. The van der Waals surface area contributed by atoms with Crippen LogP contribution in [0.3, 0.4) is 0 Å². The zero-order valence-corrected chi connectivity index (χ0v) is 13.5. The van der Waals surface area contributed by atoms with Crippen LogP contribution in [0.5, 0.6) is 0 Å². The second-order valence-corrected chi connectivity index (χ2v) is 5.59. The predicted octanol–water partition coefficient (Wildman–Crippen LogP) is 3.86. The van der Waals surface area contributed by atoms with Gasteiger partial charge in [-0.15, -0.1) is 12.4 Å². The van der Waals surface area contributed by atoms with Gasteiger partial charge >= 0.3 is 0 Å². The number of carbonyl (C=O) groups is 1. The summed E-state index contributed by atoms with van der Waals surface area (Å²) >= 11 is 0. The van der Waals surface area contributed by atoms with Crippen molar-refractivity contribution in [2.24, 2.45) is 0 Å². The maximum absolute atomic E-state index is 12.1. The number of nitrogens with zero attached hydrogens (tertiary/aromatic N) is 2. The van der Waals surface area contributed by atoms with E-state index in [1.807, 2.05) is 0 Å². The molecule has 1 heterocycles. The van der Waals surface area contributed by atoms with Gasteiger partial charge in [0, 0.05) is 30.7 Å². The van der Waals surface area contributed by atoms with Crippen LogP contribution < -0.4 is 0 Å². The van der Waals surface area contributed by atoms with E-state index in [0.29, 0.717) is 12.0 Å². The summed E-state index contributed by atoms with van der Waals surface area (Å²) in [5, 5.41) is 10.6. The smallest absolute Gasteiger partial charge is 0.269 e. The number of halogens is 1. The van der Waals surface area contributed by atoms with Crippen LogP contribution >= 0.6 is 12.4 Å². The average molecular weight is 327 g/mol. The first kappa shape index (κ1) is 18.6. The summed E-state index contributed by atoms with van der Waals surface area (Å²) in [7, 11) is 0. The Balaban J connectivity index is 0.00000242. The molecule has 1 aromatic rings. The van der Waals surface area contributed by atoms with Gasteiger partial charge < -0.3 is 4.90 Å². The number of carbonyl (C=O) groups excluding carboxylic acids is 1. The van der Waals surface area contributed by atoms with Crippen molar-refractivity contribution in [3.8, 4) is 0 Å². The molecule has 0 N–H and O–H groups in total. The highest BCUT2D eigenvalue weighted by molar-refractivity contribution is 5.96. The molecule has 1 aliphatic rings. The molecule has 1 aromatic carbocycles. The van der Waals surface area contributed by atoms with Crippen molar-refractivity contribution in [3.63, 3.8) is 0 Å². The molecule has 1 fully saturated rings. The Kier molecular flexibility index (Phi) is 8.06. The standard InChI is InChI=1S/C16H22N2O3.ClH/c19-16(14-6-8-15(9-7-14)18(20)21)10-13-17-11-4-2-1-3-5-12-17;/h6-9H,1-5,10-13H2;1H. The van der Waals surface area contributed by atoms with E-state index >= 15 is 0 Å². The summed E-state index contributed by atoms with van der Waals surface area (Å²) < 4.78 is 0. The van der Waals surface area contributed by atoms with Gasteiger partial charge in [-0.05, 0) is 38.1 Å². The third-order valence-corrected chi connectivity index (χ3v) is 4.00. The molecule has 0 bridgehead atoms. The van der Waals surface area contributed by atoms with E-state index in [0.717, 1.165) is 19.6 Å². The lowest BCUT2D eigenvalue weighted by molar-refractivity contribution is -0.384. The molecule has 0 saturated carbocycles. The third-order valence-electron chi connectivity index (χ3n) is 4.00. The molecule has 1 saturated heterocycles. The van der Waals surface area contributed by atoms with Crippen LogP contribution in [0.25, 0.3) is 0 Å². The van der Waals surface area contributed by atoms with Crippen molar-refractivity contribution in [1.82, 2.24) is 4.90 Å². The highest BCUT2D eigenvalue weighted by Gasteiger charge is 2.13. The van der Waals surface area contributed by atoms with E-state index in [4.69, 9.17) is 0 Å². The minimum absolute atomic E-state index is 0. The molecular formula is C16H23ClN2O3. The molecule has 0 radical (unpaired) electrons. The van der Waals surface area contributed by atoms with Gasteiger partial charge in [0.25, 0.3) is 5.69 Å². The van der Waals surface area contributed by atoms with Crippen LogP contribution in [0.2, 0.25) is 0 Å². The summed E-state index contributed by atoms with van der Waals surface area (Å²) in [6.45, 7) is 2.94. The fourth-order valence-corrected chi connectivity index (χ4v) is 2.71. The van der Waals surface area contributed by atoms with Crippen LogP contribution in [0.15, 0.2) is 24.3 Å². The number of non-ortho nitro benzene ring substituents is 1. The Morgan fingerprint density at radius 3 is 2.14 bits per heavy atom. The Bertz CT molecular complexity index is 483. The number of nitro benzene ring substituents is 1. The molecule has 0 aliphatic carbocycles. The van der Waals surface area contributed by atoms with Crippen molar-refractivity contribution in [3.05, 3.63) is 39.9 Å². The zero-order valence-electron chi connectivity index (χ0n) is 12.7. The van der Waals surface area contributed by atoms with Crippen molar-refractivity contribution in [1.29, 1.82) is 0 Å². The van der Waals surface area contributed by atoms with Crippen molar-refractivity contribution >= 4 is 23.9 Å². The predicted molar refractivity (Wildman–Crippen MR) is 88.8 cm³/mol. The number of rotatable bonds is 5. The molecule has 1 aliphatic heterocycles.